The molecule has 0 saturated carbocycles. The molecule has 0 aliphatic carbocycles. The van der Waals surface area contributed by atoms with E-state index in [1.807, 2.05) is 0 Å². The van der Waals surface area contributed by atoms with E-state index in [4.69, 9.17) is 17.3 Å². The highest BCUT2D eigenvalue weighted by molar-refractivity contribution is 9.10. The first-order chi connectivity index (χ1) is 7.36. The Kier molecular flexibility index (Phi) is 6.98. The summed E-state index contributed by atoms with van der Waals surface area (Å²) in [5, 5.41) is 0.180. The lowest BCUT2D eigenvalue weighted by molar-refractivity contribution is 0.562. The molecule has 1 aromatic rings. The van der Waals surface area contributed by atoms with Crippen molar-refractivity contribution >= 4 is 50.0 Å². The number of hydrogen-bond acceptors (Lipinski definition) is 3. The zero-order valence-electron chi connectivity index (χ0n) is 8.98. The fourth-order valence-electron chi connectivity index (χ4n) is 1.06. The van der Waals surface area contributed by atoms with Crippen molar-refractivity contribution in [2.45, 2.75) is 17.9 Å². The van der Waals surface area contributed by atoms with Crippen LogP contribution in [0.3, 0.4) is 0 Å². The van der Waals surface area contributed by atoms with Gasteiger partial charge in [-0.25, -0.2) is 13.1 Å². The lowest BCUT2D eigenvalue weighted by Gasteiger charge is -2.13. The van der Waals surface area contributed by atoms with Crippen LogP contribution in [-0.2, 0) is 10.0 Å². The number of sulfonamides is 1. The van der Waals surface area contributed by atoms with Gasteiger partial charge in [-0.15, -0.1) is 12.4 Å². The Bertz CT molecular complexity index is 482. The van der Waals surface area contributed by atoms with Gasteiger partial charge in [0.15, 0.2) is 0 Å². The Balaban J connectivity index is 0.00000256. The van der Waals surface area contributed by atoms with Crippen LogP contribution in [0.2, 0.25) is 5.02 Å². The summed E-state index contributed by atoms with van der Waals surface area (Å²) in [5.41, 5.74) is 5.36. The molecule has 0 aliphatic heterocycles. The van der Waals surface area contributed by atoms with Crippen molar-refractivity contribution in [1.29, 1.82) is 0 Å². The number of nitrogens with one attached hydrogen (secondary N) is 1. The maximum absolute atomic E-state index is 11.9. The van der Waals surface area contributed by atoms with E-state index in [1.54, 1.807) is 13.0 Å². The average molecular weight is 364 g/mol. The van der Waals surface area contributed by atoms with Crippen LogP contribution in [0, 0.1) is 0 Å². The minimum Gasteiger partial charge on any atom is -0.329 e. The Morgan fingerprint density at radius 1 is 1.53 bits per heavy atom. The van der Waals surface area contributed by atoms with Crippen molar-refractivity contribution in [1.82, 2.24) is 4.72 Å². The maximum Gasteiger partial charge on any atom is 0.242 e. The summed E-state index contributed by atoms with van der Waals surface area (Å²) in [4.78, 5) is 0.0452. The molecular weight excluding hydrogens is 351 g/mol. The van der Waals surface area contributed by atoms with Gasteiger partial charge in [-0.1, -0.05) is 27.5 Å². The minimum atomic E-state index is -3.62. The van der Waals surface area contributed by atoms with E-state index >= 15 is 0 Å². The van der Waals surface area contributed by atoms with E-state index in [9.17, 15) is 8.42 Å². The molecule has 1 rings (SSSR count). The van der Waals surface area contributed by atoms with Gasteiger partial charge in [0.25, 0.3) is 0 Å². The van der Waals surface area contributed by atoms with E-state index in [0.29, 0.717) is 4.47 Å². The standard InChI is InChI=1S/C9H12BrClN2O2S.ClH/c1-6(5-12)13-16(14,15)9-4-7(10)2-3-8(9)11;/h2-4,6,13H,5,12H2,1H3;1H/t6-;/m0./s1. The van der Waals surface area contributed by atoms with Crippen molar-refractivity contribution in [3.8, 4) is 0 Å². The third-order valence-electron chi connectivity index (χ3n) is 1.89. The molecule has 1 aromatic carbocycles. The molecule has 0 amide bonds. The predicted octanol–water partition coefficient (Wildman–Crippen LogP) is 2.15. The second-order valence-corrected chi connectivity index (χ2v) is 6.34. The SMILES string of the molecule is C[C@@H](CN)NS(=O)(=O)c1cc(Br)ccc1Cl.Cl. The molecule has 8 heteroatoms. The Hall–Kier alpha value is 0.150. The van der Waals surface area contributed by atoms with Gasteiger partial charge in [-0.3, -0.25) is 0 Å². The van der Waals surface area contributed by atoms with Crippen LogP contribution < -0.4 is 10.5 Å². The highest BCUT2D eigenvalue weighted by atomic mass is 79.9. The lowest BCUT2D eigenvalue weighted by Crippen LogP contribution is -2.37. The molecular formula is C9H13BrCl2N2O2S. The van der Waals surface area contributed by atoms with Crippen LogP contribution in [0.25, 0.3) is 0 Å². The summed E-state index contributed by atoms with van der Waals surface area (Å²) < 4.78 is 26.9. The molecule has 0 aromatic heterocycles. The van der Waals surface area contributed by atoms with Crippen molar-refractivity contribution in [2.24, 2.45) is 5.73 Å². The first-order valence-corrected chi connectivity index (χ1v) is 7.19. The van der Waals surface area contributed by atoms with Gasteiger partial charge in [0.1, 0.15) is 4.90 Å². The van der Waals surface area contributed by atoms with E-state index < -0.39 is 10.0 Å². The van der Waals surface area contributed by atoms with Gasteiger partial charge in [0.05, 0.1) is 5.02 Å². The molecule has 0 saturated heterocycles. The van der Waals surface area contributed by atoms with Crippen molar-refractivity contribution in [3.05, 3.63) is 27.7 Å². The summed E-state index contributed by atoms with van der Waals surface area (Å²) in [7, 11) is -3.62. The first-order valence-electron chi connectivity index (χ1n) is 4.54. The van der Waals surface area contributed by atoms with Gasteiger partial charge in [-0.05, 0) is 25.1 Å². The normalized spacial score (nSPS) is 12.9. The minimum absolute atomic E-state index is 0. The van der Waals surface area contributed by atoms with Crippen LogP contribution in [0.1, 0.15) is 6.92 Å². The molecule has 0 unspecified atom stereocenters. The molecule has 98 valence electrons. The smallest absolute Gasteiger partial charge is 0.242 e. The van der Waals surface area contributed by atoms with Gasteiger partial charge < -0.3 is 5.73 Å². The molecule has 4 nitrogen and oxygen atoms in total. The van der Waals surface area contributed by atoms with E-state index in [0.717, 1.165) is 0 Å². The Morgan fingerprint density at radius 3 is 2.65 bits per heavy atom. The Morgan fingerprint density at radius 2 is 2.12 bits per heavy atom. The Labute approximate surface area is 121 Å². The van der Waals surface area contributed by atoms with Gasteiger partial charge >= 0.3 is 0 Å². The molecule has 0 bridgehead atoms. The van der Waals surface area contributed by atoms with Crippen molar-refractivity contribution < 1.29 is 8.42 Å². The number of benzene rings is 1. The quantitative estimate of drug-likeness (QED) is 0.860. The molecule has 0 heterocycles. The summed E-state index contributed by atoms with van der Waals surface area (Å²) in [5.74, 6) is 0. The van der Waals surface area contributed by atoms with Crippen molar-refractivity contribution in [2.75, 3.05) is 6.54 Å². The zero-order valence-corrected chi connectivity index (χ0v) is 13.0. The van der Waals surface area contributed by atoms with Crippen molar-refractivity contribution in [3.63, 3.8) is 0 Å². The molecule has 17 heavy (non-hydrogen) atoms. The molecule has 0 spiro atoms. The molecule has 1 atom stereocenters. The van der Waals surface area contributed by atoms with E-state index in [2.05, 4.69) is 20.7 Å². The fourth-order valence-corrected chi connectivity index (χ4v) is 3.35. The zero-order chi connectivity index (χ0) is 12.3. The van der Waals surface area contributed by atoms with Crippen LogP contribution >= 0.6 is 39.9 Å². The van der Waals surface area contributed by atoms with Crippen LogP contribution in [-0.4, -0.2) is 21.0 Å². The average Bonchev–Trinajstić information content (AvgIpc) is 2.20. The summed E-state index contributed by atoms with van der Waals surface area (Å²) in [6.45, 7) is 1.91. The highest BCUT2D eigenvalue weighted by Gasteiger charge is 2.19. The van der Waals surface area contributed by atoms with Gasteiger partial charge in [-0.2, -0.15) is 0 Å². The van der Waals surface area contributed by atoms with Crippen LogP contribution in [0.4, 0.5) is 0 Å². The number of hydrogen-bond donors (Lipinski definition) is 2. The maximum atomic E-state index is 11.9. The summed E-state index contributed by atoms with van der Waals surface area (Å²) in [6, 6.07) is 4.31. The van der Waals surface area contributed by atoms with Gasteiger partial charge in [0, 0.05) is 17.1 Å². The topological polar surface area (TPSA) is 72.2 Å². The number of rotatable bonds is 4. The van der Waals surface area contributed by atoms with Gasteiger partial charge in [0.2, 0.25) is 10.0 Å². The molecule has 0 aliphatic rings. The third-order valence-corrected chi connectivity index (χ3v) is 4.46. The van der Waals surface area contributed by atoms with Crippen LogP contribution in [0.5, 0.6) is 0 Å². The number of halogens is 3. The summed E-state index contributed by atoms with van der Waals surface area (Å²) >= 11 is 9.03. The monoisotopic (exact) mass is 362 g/mol. The second kappa shape index (κ2) is 6.92. The third kappa shape index (κ3) is 4.73. The molecule has 3 N–H and O–H groups in total. The highest BCUT2D eigenvalue weighted by Crippen LogP contribution is 2.25. The largest absolute Gasteiger partial charge is 0.329 e. The van der Waals surface area contributed by atoms with Crippen LogP contribution in [0.15, 0.2) is 27.6 Å². The molecule has 0 fully saturated rings. The lowest BCUT2D eigenvalue weighted by atomic mass is 10.4. The fraction of sp³-hybridized carbons (Fsp3) is 0.333. The number of nitrogens with two attached hydrogens (primary N) is 1. The second-order valence-electron chi connectivity index (χ2n) is 3.33. The summed E-state index contributed by atoms with van der Waals surface area (Å²) in [6.07, 6.45) is 0. The first kappa shape index (κ1) is 17.2. The predicted molar refractivity (Wildman–Crippen MR) is 75.2 cm³/mol. The van der Waals surface area contributed by atoms with E-state index in [-0.39, 0.29) is 34.9 Å². The molecule has 0 radical (unpaired) electrons. The van der Waals surface area contributed by atoms with E-state index in [1.165, 1.54) is 12.1 Å².